The summed E-state index contributed by atoms with van der Waals surface area (Å²) in [6.45, 7) is 1.57. The smallest absolute Gasteiger partial charge is 0.0616 e. The van der Waals surface area contributed by atoms with Gasteiger partial charge in [-0.15, -0.1) is 0 Å². The molecule has 0 bridgehead atoms. The van der Waals surface area contributed by atoms with E-state index >= 15 is 0 Å². The number of aliphatic hydroxyl groups excluding tert-OH is 1. The second kappa shape index (κ2) is 6.54. The van der Waals surface area contributed by atoms with Crippen molar-refractivity contribution in [2.24, 2.45) is 0 Å². The quantitative estimate of drug-likeness (QED) is 0.698. The van der Waals surface area contributed by atoms with E-state index < -0.39 is 0 Å². The number of H-pyrrole nitrogens is 1. The van der Waals surface area contributed by atoms with Crippen molar-refractivity contribution in [3.8, 4) is 0 Å². The van der Waals surface area contributed by atoms with Gasteiger partial charge in [-0.2, -0.15) is 0 Å². The first-order valence-electron chi connectivity index (χ1n) is 6.23. The summed E-state index contributed by atoms with van der Waals surface area (Å²) in [6, 6.07) is 8.43. The van der Waals surface area contributed by atoms with Gasteiger partial charge in [-0.1, -0.05) is 18.2 Å². The number of methoxy groups -OCH3 is 1. The van der Waals surface area contributed by atoms with Gasteiger partial charge in [-0.3, -0.25) is 0 Å². The van der Waals surface area contributed by atoms with E-state index in [1.165, 1.54) is 10.9 Å². The monoisotopic (exact) mass is 248 g/mol. The Morgan fingerprint density at radius 3 is 3.00 bits per heavy atom. The van der Waals surface area contributed by atoms with Gasteiger partial charge in [0.2, 0.25) is 0 Å². The van der Waals surface area contributed by atoms with Crippen molar-refractivity contribution in [3.05, 3.63) is 36.0 Å². The highest BCUT2D eigenvalue weighted by Gasteiger charge is 2.09. The largest absolute Gasteiger partial charge is 0.396 e. The van der Waals surface area contributed by atoms with Crippen LogP contribution in [0, 0.1) is 0 Å². The molecule has 0 fully saturated rings. The van der Waals surface area contributed by atoms with Crippen molar-refractivity contribution in [2.45, 2.75) is 19.0 Å². The van der Waals surface area contributed by atoms with E-state index in [0.717, 1.165) is 12.1 Å². The number of benzene rings is 1. The highest BCUT2D eigenvalue weighted by molar-refractivity contribution is 5.82. The van der Waals surface area contributed by atoms with Gasteiger partial charge in [0.05, 0.1) is 6.61 Å². The van der Waals surface area contributed by atoms with Crippen molar-refractivity contribution < 1.29 is 9.84 Å². The molecule has 0 saturated carbocycles. The summed E-state index contributed by atoms with van der Waals surface area (Å²) in [6.07, 6.45) is 2.73. The summed E-state index contributed by atoms with van der Waals surface area (Å²) < 4.78 is 5.13. The van der Waals surface area contributed by atoms with Gasteiger partial charge < -0.3 is 20.1 Å². The molecule has 3 N–H and O–H groups in total. The van der Waals surface area contributed by atoms with Crippen LogP contribution in [-0.2, 0) is 11.3 Å². The Labute approximate surface area is 107 Å². The zero-order valence-electron chi connectivity index (χ0n) is 10.6. The standard InChI is InChI=1S/C14H20N2O2/c1-18-10-12(6-7-17)15-8-11-9-16-14-5-3-2-4-13(11)14/h2-5,9,12,15-17H,6-8,10H2,1H3. The molecule has 2 aromatic rings. The minimum Gasteiger partial charge on any atom is -0.396 e. The lowest BCUT2D eigenvalue weighted by molar-refractivity contribution is 0.148. The van der Waals surface area contributed by atoms with Gasteiger partial charge in [0.25, 0.3) is 0 Å². The van der Waals surface area contributed by atoms with Gasteiger partial charge in [0.1, 0.15) is 0 Å². The lowest BCUT2D eigenvalue weighted by atomic mass is 10.1. The molecular weight excluding hydrogens is 228 g/mol. The van der Waals surface area contributed by atoms with Crippen LogP contribution in [0.4, 0.5) is 0 Å². The minimum atomic E-state index is 0.176. The number of aromatic nitrogens is 1. The predicted molar refractivity (Wildman–Crippen MR) is 72.5 cm³/mol. The van der Waals surface area contributed by atoms with Crippen LogP contribution in [0.1, 0.15) is 12.0 Å². The average molecular weight is 248 g/mol. The van der Waals surface area contributed by atoms with Crippen molar-refractivity contribution in [2.75, 3.05) is 20.3 Å². The molecule has 1 aromatic carbocycles. The molecule has 98 valence electrons. The number of aliphatic hydroxyl groups is 1. The Morgan fingerprint density at radius 2 is 2.22 bits per heavy atom. The summed E-state index contributed by atoms with van der Waals surface area (Å²) in [4.78, 5) is 3.26. The molecule has 18 heavy (non-hydrogen) atoms. The summed E-state index contributed by atoms with van der Waals surface area (Å²) in [5.41, 5.74) is 2.39. The van der Waals surface area contributed by atoms with Crippen molar-refractivity contribution >= 4 is 10.9 Å². The number of ether oxygens (including phenoxy) is 1. The molecule has 1 aromatic heterocycles. The van der Waals surface area contributed by atoms with Crippen molar-refractivity contribution in [1.82, 2.24) is 10.3 Å². The van der Waals surface area contributed by atoms with E-state index in [2.05, 4.69) is 22.4 Å². The van der Waals surface area contributed by atoms with Gasteiger partial charge in [-0.25, -0.2) is 0 Å². The van der Waals surface area contributed by atoms with Gasteiger partial charge in [0, 0.05) is 43.4 Å². The van der Waals surface area contributed by atoms with Gasteiger partial charge in [0.15, 0.2) is 0 Å². The number of hydrogen-bond acceptors (Lipinski definition) is 3. The lowest BCUT2D eigenvalue weighted by Gasteiger charge is -2.16. The minimum absolute atomic E-state index is 0.176. The Balaban J connectivity index is 2.00. The first kappa shape index (κ1) is 13.1. The van der Waals surface area contributed by atoms with Crippen LogP contribution in [0.5, 0.6) is 0 Å². The number of aromatic amines is 1. The number of nitrogens with one attached hydrogen (secondary N) is 2. The molecule has 0 aliphatic carbocycles. The van der Waals surface area contributed by atoms with Crippen molar-refractivity contribution in [3.63, 3.8) is 0 Å². The van der Waals surface area contributed by atoms with Crippen LogP contribution in [-0.4, -0.2) is 36.5 Å². The molecule has 0 aliphatic heterocycles. The molecule has 1 atom stereocenters. The third-order valence-corrected chi connectivity index (χ3v) is 3.10. The average Bonchev–Trinajstić information content (AvgIpc) is 2.80. The summed E-state index contributed by atoms with van der Waals surface area (Å²) in [5.74, 6) is 0. The highest BCUT2D eigenvalue weighted by Crippen LogP contribution is 2.17. The van der Waals surface area contributed by atoms with Crippen molar-refractivity contribution in [1.29, 1.82) is 0 Å². The maximum absolute atomic E-state index is 8.99. The Bertz CT molecular complexity index is 475. The van der Waals surface area contributed by atoms with Crippen LogP contribution < -0.4 is 5.32 Å². The molecule has 2 rings (SSSR count). The second-order valence-electron chi connectivity index (χ2n) is 4.40. The van der Waals surface area contributed by atoms with E-state index in [0.29, 0.717) is 13.0 Å². The molecule has 0 spiro atoms. The van der Waals surface area contributed by atoms with Crippen LogP contribution in [0.2, 0.25) is 0 Å². The number of para-hydroxylation sites is 1. The second-order valence-corrected chi connectivity index (χ2v) is 4.40. The molecule has 1 heterocycles. The third kappa shape index (κ3) is 3.10. The number of hydrogen-bond donors (Lipinski definition) is 3. The molecule has 4 nitrogen and oxygen atoms in total. The predicted octanol–water partition coefficient (Wildman–Crippen LogP) is 1.65. The third-order valence-electron chi connectivity index (χ3n) is 3.10. The number of fused-ring (bicyclic) bond motifs is 1. The zero-order chi connectivity index (χ0) is 12.8. The maximum Gasteiger partial charge on any atom is 0.0616 e. The molecule has 0 aliphatic rings. The van der Waals surface area contributed by atoms with E-state index in [9.17, 15) is 0 Å². The Kier molecular flexibility index (Phi) is 4.75. The fraction of sp³-hybridized carbons (Fsp3) is 0.429. The van der Waals surface area contributed by atoms with Crippen LogP contribution in [0.3, 0.4) is 0 Å². The normalized spacial score (nSPS) is 13.0. The van der Waals surface area contributed by atoms with E-state index in [-0.39, 0.29) is 12.6 Å². The number of rotatable bonds is 7. The van der Waals surface area contributed by atoms with Crippen LogP contribution >= 0.6 is 0 Å². The summed E-state index contributed by atoms with van der Waals surface area (Å²) >= 11 is 0. The molecule has 0 amide bonds. The molecule has 0 radical (unpaired) electrons. The SMILES string of the molecule is COCC(CCO)NCc1c[nH]c2ccccc12. The Hall–Kier alpha value is -1.36. The van der Waals surface area contributed by atoms with E-state index in [4.69, 9.17) is 9.84 Å². The molecule has 0 saturated heterocycles. The van der Waals surface area contributed by atoms with Crippen LogP contribution in [0.15, 0.2) is 30.5 Å². The lowest BCUT2D eigenvalue weighted by Crippen LogP contribution is -2.33. The highest BCUT2D eigenvalue weighted by atomic mass is 16.5. The zero-order valence-corrected chi connectivity index (χ0v) is 10.6. The molecular formula is C14H20N2O2. The Morgan fingerprint density at radius 1 is 1.39 bits per heavy atom. The first-order chi connectivity index (χ1) is 8.85. The van der Waals surface area contributed by atoms with Crippen LogP contribution in [0.25, 0.3) is 10.9 Å². The molecule has 1 unspecified atom stereocenters. The van der Waals surface area contributed by atoms with E-state index in [1.54, 1.807) is 7.11 Å². The fourth-order valence-electron chi connectivity index (χ4n) is 2.13. The summed E-state index contributed by atoms with van der Waals surface area (Å²) in [5, 5.41) is 13.6. The van der Waals surface area contributed by atoms with Gasteiger partial charge >= 0.3 is 0 Å². The topological polar surface area (TPSA) is 57.3 Å². The van der Waals surface area contributed by atoms with Gasteiger partial charge in [-0.05, 0) is 18.1 Å². The maximum atomic E-state index is 8.99. The first-order valence-corrected chi connectivity index (χ1v) is 6.23. The molecule has 4 heteroatoms. The van der Waals surface area contributed by atoms with E-state index in [1.807, 2.05) is 18.3 Å². The fourth-order valence-corrected chi connectivity index (χ4v) is 2.13. The summed E-state index contributed by atoms with van der Waals surface area (Å²) in [7, 11) is 1.68.